The topological polar surface area (TPSA) is 52.9 Å². The van der Waals surface area contributed by atoms with E-state index in [0.29, 0.717) is 5.41 Å². The molecule has 0 aromatic rings. The third-order valence-electron chi connectivity index (χ3n) is 2.38. The summed E-state index contributed by atoms with van der Waals surface area (Å²) in [5.74, 6) is -0.669. The summed E-state index contributed by atoms with van der Waals surface area (Å²) in [6, 6.07) is 1.91. The fraction of sp³-hybridized carbons (Fsp3) is 0.778. The van der Waals surface area contributed by atoms with Crippen molar-refractivity contribution in [3.05, 3.63) is 0 Å². The van der Waals surface area contributed by atoms with Gasteiger partial charge in [-0.15, -0.1) is 0 Å². The summed E-state index contributed by atoms with van der Waals surface area (Å²) >= 11 is 0. The number of nitrogens with one attached hydrogen (secondary N) is 1. The van der Waals surface area contributed by atoms with Crippen LogP contribution in [-0.2, 0) is 4.79 Å². The minimum atomic E-state index is -0.521. The molecule has 1 aliphatic rings. The second-order valence-corrected chi connectivity index (χ2v) is 3.88. The molecule has 0 bridgehead atoms. The first kappa shape index (κ1) is 9.05. The van der Waals surface area contributed by atoms with Gasteiger partial charge in [0.25, 0.3) is 0 Å². The lowest BCUT2D eigenvalue weighted by molar-refractivity contribution is -0.123. The SMILES string of the molecule is CC(C#N)C(=O)NCC1(C)CC1. The van der Waals surface area contributed by atoms with E-state index in [1.54, 1.807) is 6.92 Å². The third-order valence-corrected chi connectivity index (χ3v) is 2.38. The smallest absolute Gasteiger partial charge is 0.237 e. The van der Waals surface area contributed by atoms with Gasteiger partial charge in [-0.1, -0.05) is 6.92 Å². The number of carbonyl (C=O) groups excluding carboxylic acids is 1. The number of nitriles is 1. The van der Waals surface area contributed by atoms with Gasteiger partial charge in [-0.05, 0) is 25.2 Å². The monoisotopic (exact) mass is 166 g/mol. The van der Waals surface area contributed by atoms with E-state index in [2.05, 4.69) is 12.2 Å². The molecule has 1 amide bonds. The lowest BCUT2D eigenvalue weighted by Crippen LogP contribution is -2.32. The van der Waals surface area contributed by atoms with Gasteiger partial charge in [-0.2, -0.15) is 5.26 Å². The minimum Gasteiger partial charge on any atom is -0.354 e. The average molecular weight is 166 g/mol. The van der Waals surface area contributed by atoms with E-state index < -0.39 is 5.92 Å². The summed E-state index contributed by atoms with van der Waals surface area (Å²) in [4.78, 5) is 11.1. The molecule has 3 heteroatoms. The van der Waals surface area contributed by atoms with E-state index in [1.807, 2.05) is 6.07 Å². The van der Waals surface area contributed by atoms with Crippen molar-refractivity contribution in [1.82, 2.24) is 5.32 Å². The molecule has 1 N–H and O–H groups in total. The number of rotatable bonds is 3. The molecule has 1 aliphatic carbocycles. The zero-order valence-electron chi connectivity index (χ0n) is 7.55. The Bertz CT molecular complexity index is 225. The molecular weight excluding hydrogens is 152 g/mol. The fourth-order valence-corrected chi connectivity index (χ4v) is 0.902. The Kier molecular flexibility index (Phi) is 2.37. The number of carbonyl (C=O) groups is 1. The average Bonchev–Trinajstić information content (AvgIpc) is 2.79. The molecule has 12 heavy (non-hydrogen) atoms. The molecule has 0 aliphatic heterocycles. The van der Waals surface area contributed by atoms with E-state index in [4.69, 9.17) is 5.26 Å². The van der Waals surface area contributed by atoms with Crippen LogP contribution in [0.2, 0.25) is 0 Å². The second kappa shape index (κ2) is 3.14. The molecule has 0 spiro atoms. The maximum absolute atomic E-state index is 11.1. The number of hydrogen-bond acceptors (Lipinski definition) is 2. The quantitative estimate of drug-likeness (QED) is 0.681. The van der Waals surface area contributed by atoms with E-state index in [9.17, 15) is 4.79 Å². The maximum atomic E-state index is 11.1. The maximum Gasteiger partial charge on any atom is 0.237 e. The van der Waals surface area contributed by atoms with Crippen molar-refractivity contribution in [3.8, 4) is 6.07 Å². The van der Waals surface area contributed by atoms with Gasteiger partial charge in [0.1, 0.15) is 5.92 Å². The molecule has 0 aromatic carbocycles. The van der Waals surface area contributed by atoms with Gasteiger partial charge in [0, 0.05) is 6.54 Å². The summed E-state index contributed by atoms with van der Waals surface area (Å²) < 4.78 is 0. The molecule has 1 atom stereocenters. The molecular formula is C9H14N2O. The largest absolute Gasteiger partial charge is 0.354 e. The van der Waals surface area contributed by atoms with Crippen molar-refractivity contribution < 1.29 is 4.79 Å². The Morgan fingerprint density at radius 3 is 2.75 bits per heavy atom. The van der Waals surface area contributed by atoms with Crippen molar-refractivity contribution in [2.75, 3.05) is 6.54 Å². The van der Waals surface area contributed by atoms with Crippen molar-refractivity contribution in [1.29, 1.82) is 5.26 Å². The van der Waals surface area contributed by atoms with Crippen LogP contribution in [0.1, 0.15) is 26.7 Å². The minimum absolute atomic E-state index is 0.148. The van der Waals surface area contributed by atoms with Crippen LogP contribution in [0.5, 0.6) is 0 Å². The highest BCUT2D eigenvalue weighted by molar-refractivity contribution is 5.80. The van der Waals surface area contributed by atoms with Gasteiger partial charge < -0.3 is 5.32 Å². The van der Waals surface area contributed by atoms with Gasteiger partial charge in [-0.3, -0.25) is 4.79 Å². The van der Waals surface area contributed by atoms with Gasteiger partial charge in [-0.25, -0.2) is 0 Å². The molecule has 1 saturated carbocycles. The Morgan fingerprint density at radius 2 is 2.33 bits per heavy atom. The van der Waals surface area contributed by atoms with Gasteiger partial charge in [0.15, 0.2) is 0 Å². The van der Waals surface area contributed by atoms with Gasteiger partial charge in [0.2, 0.25) is 5.91 Å². The van der Waals surface area contributed by atoms with Crippen LogP contribution in [0.15, 0.2) is 0 Å². The van der Waals surface area contributed by atoms with E-state index in [-0.39, 0.29) is 5.91 Å². The van der Waals surface area contributed by atoms with Crippen LogP contribution in [0.3, 0.4) is 0 Å². The van der Waals surface area contributed by atoms with Crippen molar-refractivity contribution >= 4 is 5.91 Å². The highest BCUT2D eigenvalue weighted by Crippen LogP contribution is 2.44. The zero-order chi connectivity index (χ0) is 9.19. The van der Waals surface area contributed by atoms with Crippen molar-refractivity contribution in [2.45, 2.75) is 26.7 Å². The van der Waals surface area contributed by atoms with Crippen LogP contribution < -0.4 is 5.32 Å². The highest BCUT2D eigenvalue weighted by atomic mass is 16.1. The molecule has 1 fully saturated rings. The standard InChI is InChI=1S/C9H14N2O/c1-7(5-10)8(12)11-6-9(2)3-4-9/h7H,3-4,6H2,1-2H3,(H,11,12). The third kappa shape index (κ3) is 2.23. The lowest BCUT2D eigenvalue weighted by Gasteiger charge is -2.10. The summed E-state index contributed by atoms with van der Waals surface area (Å²) in [6.07, 6.45) is 2.38. The summed E-state index contributed by atoms with van der Waals surface area (Å²) in [5.41, 5.74) is 0.324. The Morgan fingerprint density at radius 1 is 1.75 bits per heavy atom. The number of nitrogens with zero attached hydrogens (tertiary/aromatic N) is 1. The van der Waals surface area contributed by atoms with Gasteiger partial charge in [0.05, 0.1) is 6.07 Å². The molecule has 0 heterocycles. The summed E-state index contributed by atoms with van der Waals surface area (Å²) in [6.45, 7) is 4.48. The molecule has 0 saturated heterocycles. The number of hydrogen-bond donors (Lipinski definition) is 1. The van der Waals surface area contributed by atoms with E-state index >= 15 is 0 Å². The van der Waals surface area contributed by atoms with Crippen molar-refractivity contribution in [2.24, 2.45) is 11.3 Å². The molecule has 1 rings (SSSR count). The summed E-state index contributed by atoms with van der Waals surface area (Å²) in [5, 5.41) is 11.2. The first-order chi connectivity index (χ1) is 5.57. The van der Waals surface area contributed by atoms with Crippen LogP contribution >= 0.6 is 0 Å². The molecule has 1 unspecified atom stereocenters. The first-order valence-electron chi connectivity index (χ1n) is 4.25. The lowest BCUT2D eigenvalue weighted by atomic mass is 10.1. The fourth-order valence-electron chi connectivity index (χ4n) is 0.902. The Balaban J connectivity index is 2.24. The second-order valence-electron chi connectivity index (χ2n) is 3.88. The predicted molar refractivity (Wildman–Crippen MR) is 45.1 cm³/mol. The molecule has 0 radical (unpaired) electrons. The molecule has 3 nitrogen and oxygen atoms in total. The number of amides is 1. The normalized spacial score (nSPS) is 20.8. The van der Waals surface area contributed by atoms with Crippen LogP contribution in [0.25, 0.3) is 0 Å². The van der Waals surface area contributed by atoms with Gasteiger partial charge >= 0.3 is 0 Å². The predicted octanol–water partition coefficient (Wildman–Crippen LogP) is 1.06. The Hall–Kier alpha value is -1.04. The highest BCUT2D eigenvalue weighted by Gasteiger charge is 2.37. The van der Waals surface area contributed by atoms with Crippen LogP contribution in [0, 0.1) is 22.7 Å². The van der Waals surface area contributed by atoms with E-state index in [1.165, 1.54) is 12.8 Å². The molecule has 66 valence electrons. The van der Waals surface area contributed by atoms with Crippen LogP contribution in [-0.4, -0.2) is 12.5 Å². The summed E-state index contributed by atoms with van der Waals surface area (Å²) in [7, 11) is 0. The zero-order valence-corrected chi connectivity index (χ0v) is 7.55. The van der Waals surface area contributed by atoms with E-state index in [0.717, 1.165) is 6.54 Å². The van der Waals surface area contributed by atoms with Crippen LogP contribution in [0.4, 0.5) is 0 Å². The molecule has 0 aromatic heterocycles. The Labute approximate surface area is 72.8 Å². The first-order valence-corrected chi connectivity index (χ1v) is 4.25. The van der Waals surface area contributed by atoms with Crippen molar-refractivity contribution in [3.63, 3.8) is 0 Å².